The first kappa shape index (κ1) is 24.2. The van der Waals surface area contributed by atoms with E-state index >= 15 is 0 Å². The van der Waals surface area contributed by atoms with E-state index in [9.17, 15) is 9.59 Å². The lowest BCUT2D eigenvalue weighted by molar-refractivity contribution is 0.262. The molecule has 5 aromatic rings. The van der Waals surface area contributed by atoms with Crippen molar-refractivity contribution in [3.63, 3.8) is 0 Å². The Morgan fingerprint density at radius 1 is 0.944 bits per heavy atom. The molecule has 0 atom stereocenters. The summed E-state index contributed by atoms with van der Waals surface area (Å²) in [7, 11) is 1.65. The Bertz CT molecular complexity index is 1720. The molecule has 6 nitrogen and oxygen atoms in total. The minimum absolute atomic E-state index is 0.0990. The number of aryl methyl sites for hydroxylation is 1. The third kappa shape index (κ3) is 4.30. The average Bonchev–Trinajstić information content (AvgIpc) is 2.88. The number of rotatable bonds is 4. The number of pyridine rings is 2. The van der Waals surface area contributed by atoms with Gasteiger partial charge in [0.25, 0.3) is 5.56 Å². The summed E-state index contributed by atoms with van der Waals surface area (Å²) in [5, 5.41) is 8.17. The van der Waals surface area contributed by atoms with Crippen molar-refractivity contribution in [2.75, 3.05) is 16.9 Å². The van der Waals surface area contributed by atoms with E-state index in [1.165, 1.54) is 16.3 Å². The number of hydrogen-bond donors (Lipinski definition) is 2. The first-order valence-electron chi connectivity index (χ1n) is 11.0. The van der Waals surface area contributed by atoms with Crippen molar-refractivity contribution in [2.24, 2.45) is 7.05 Å². The van der Waals surface area contributed by atoms with Crippen LogP contribution in [-0.2, 0) is 7.05 Å². The maximum Gasteiger partial charge on any atom is 0.323 e. The molecule has 9 heteroatoms. The highest BCUT2D eigenvalue weighted by atomic mass is 35.5. The number of benzene rings is 3. The Balaban J connectivity index is 1.67. The fraction of sp³-hybridized carbons (Fsp3) is 0.0741. The minimum atomic E-state index is -0.562. The monoisotopic (exact) mass is 534 g/mol. The molecule has 0 aliphatic heterocycles. The molecule has 0 unspecified atom stereocenters. The van der Waals surface area contributed by atoms with Crippen molar-refractivity contribution in [2.45, 2.75) is 4.90 Å². The zero-order valence-electron chi connectivity index (χ0n) is 19.3. The summed E-state index contributed by atoms with van der Waals surface area (Å²) in [6.07, 6.45) is 3.63. The van der Waals surface area contributed by atoms with Crippen LogP contribution in [0.2, 0.25) is 10.0 Å². The van der Waals surface area contributed by atoms with E-state index in [0.717, 1.165) is 15.8 Å². The lowest BCUT2D eigenvalue weighted by Crippen LogP contribution is -2.28. The maximum absolute atomic E-state index is 13.5. The molecular formula is C27H20Cl2N4O2S. The van der Waals surface area contributed by atoms with Crippen molar-refractivity contribution in [3.05, 3.63) is 93.3 Å². The van der Waals surface area contributed by atoms with Gasteiger partial charge in [0.1, 0.15) is 5.69 Å². The number of aromatic nitrogens is 2. The van der Waals surface area contributed by atoms with E-state index in [-0.39, 0.29) is 11.2 Å². The molecule has 5 rings (SSSR count). The van der Waals surface area contributed by atoms with Crippen LogP contribution in [0.15, 0.2) is 82.6 Å². The first-order valence-corrected chi connectivity index (χ1v) is 12.9. The number of carbonyl (C=O) groups is 1. The van der Waals surface area contributed by atoms with Crippen LogP contribution in [0.5, 0.6) is 0 Å². The first-order chi connectivity index (χ1) is 17.4. The maximum atomic E-state index is 13.5. The molecule has 2 aromatic heterocycles. The molecule has 0 saturated carbocycles. The normalized spacial score (nSPS) is 11.1. The smallest absolute Gasteiger partial charge is 0.310 e. The Morgan fingerprint density at radius 2 is 1.72 bits per heavy atom. The van der Waals surface area contributed by atoms with Crippen molar-refractivity contribution in [1.82, 2.24) is 9.55 Å². The van der Waals surface area contributed by atoms with Gasteiger partial charge < -0.3 is 15.2 Å². The summed E-state index contributed by atoms with van der Waals surface area (Å²) in [5.41, 5.74) is 2.86. The predicted molar refractivity (Wildman–Crippen MR) is 151 cm³/mol. The van der Waals surface area contributed by atoms with E-state index in [2.05, 4.69) is 15.6 Å². The van der Waals surface area contributed by atoms with Crippen LogP contribution in [-0.4, -0.2) is 21.8 Å². The number of carbonyl (C=O) groups excluding carboxylic acids is 1. The molecule has 0 aliphatic carbocycles. The van der Waals surface area contributed by atoms with Gasteiger partial charge in [-0.1, -0.05) is 41.4 Å². The van der Waals surface area contributed by atoms with Crippen molar-refractivity contribution in [1.29, 1.82) is 0 Å². The largest absolute Gasteiger partial charge is 0.323 e. The van der Waals surface area contributed by atoms with Crippen LogP contribution in [0, 0.1) is 0 Å². The number of thioether (sulfide) groups is 1. The zero-order chi connectivity index (χ0) is 25.4. The number of nitrogens with zero attached hydrogens (tertiary/aromatic N) is 2. The van der Waals surface area contributed by atoms with Crippen molar-refractivity contribution in [3.8, 4) is 11.1 Å². The minimum Gasteiger partial charge on any atom is -0.310 e. The van der Waals surface area contributed by atoms with Gasteiger partial charge in [-0.15, -0.1) is 11.8 Å². The summed E-state index contributed by atoms with van der Waals surface area (Å²) >= 11 is 14.4. The second-order valence-electron chi connectivity index (χ2n) is 8.05. The summed E-state index contributed by atoms with van der Waals surface area (Å²) < 4.78 is 1.48. The predicted octanol–water partition coefficient (Wildman–Crippen LogP) is 7.43. The van der Waals surface area contributed by atoms with Gasteiger partial charge in [0.05, 0.1) is 16.7 Å². The lowest BCUT2D eigenvalue weighted by Gasteiger charge is -2.19. The van der Waals surface area contributed by atoms with E-state index < -0.39 is 6.03 Å². The highest BCUT2D eigenvalue weighted by Crippen LogP contribution is 2.38. The van der Waals surface area contributed by atoms with Gasteiger partial charge in [0.2, 0.25) is 0 Å². The number of hydrogen-bond acceptors (Lipinski definition) is 4. The topological polar surface area (TPSA) is 76.0 Å². The zero-order valence-corrected chi connectivity index (χ0v) is 21.6. The number of urea groups is 1. The number of fused-ring (bicyclic) bond motifs is 2. The van der Waals surface area contributed by atoms with Gasteiger partial charge in [-0.05, 0) is 54.8 Å². The molecule has 2 heterocycles. The third-order valence-corrected chi connectivity index (χ3v) is 7.29. The second-order valence-corrected chi connectivity index (χ2v) is 9.74. The molecule has 36 heavy (non-hydrogen) atoms. The molecule has 0 spiro atoms. The summed E-state index contributed by atoms with van der Waals surface area (Å²) in [6.45, 7) is 0. The molecule has 0 saturated heterocycles. The molecule has 0 aliphatic rings. The Labute approximate surface area is 221 Å². The summed E-state index contributed by atoms with van der Waals surface area (Å²) in [6, 6.07) is 19.4. The highest BCUT2D eigenvalue weighted by Gasteiger charge is 2.21. The van der Waals surface area contributed by atoms with Crippen LogP contribution in [0.25, 0.3) is 32.9 Å². The highest BCUT2D eigenvalue weighted by molar-refractivity contribution is 7.98. The molecule has 2 N–H and O–H groups in total. The van der Waals surface area contributed by atoms with Crippen LogP contribution in [0.3, 0.4) is 0 Å². The van der Waals surface area contributed by atoms with Crippen molar-refractivity contribution >= 4 is 74.2 Å². The number of anilines is 2. The lowest BCUT2D eigenvalue weighted by atomic mass is 9.99. The standard InChI is InChI=1S/C27H20Cl2N4O2S/c1-33-21-11-9-15(28)14-18(21)23(16-6-3-4-8-19(16)29)25(26(33)34)32-27(35)31-24-17-7-5-13-30-20(17)10-12-22(24)36-2/h3-14H,1-2H3,(H2,31,32,35). The Morgan fingerprint density at radius 3 is 2.50 bits per heavy atom. The van der Waals surface area contributed by atoms with Crippen LogP contribution in [0.1, 0.15) is 0 Å². The molecule has 0 bridgehead atoms. The fourth-order valence-electron chi connectivity index (χ4n) is 4.27. The average molecular weight is 535 g/mol. The summed E-state index contributed by atoms with van der Waals surface area (Å²) in [4.78, 5) is 32.1. The molecule has 180 valence electrons. The Hall–Kier alpha value is -3.52. The van der Waals surface area contributed by atoms with Gasteiger partial charge in [-0.25, -0.2) is 4.79 Å². The fourth-order valence-corrected chi connectivity index (χ4v) is 5.24. The molecule has 0 fully saturated rings. The number of halogens is 2. The van der Waals surface area contributed by atoms with Gasteiger partial charge in [-0.2, -0.15) is 0 Å². The van der Waals surface area contributed by atoms with Gasteiger partial charge in [0, 0.05) is 50.1 Å². The van der Waals surface area contributed by atoms with Crippen LogP contribution in [0.4, 0.5) is 16.2 Å². The van der Waals surface area contributed by atoms with E-state index in [0.29, 0.717) is 37.8 Å². The number of nitrogens with one attached hydrogen (secondary N) is 2. The second kappa shape index (κ2) is 9.85. The summed E-state index contributed by atoms with van der Waals surface area (Å²) in [5.74, 6) is 0. The van der Waals surface area contributed by atoms with E-state index in [4.69, 9.17) is 23.2 Å². The van der Waals surface area contributed by atoms with Crippen molar-refractivity contribution < 1.29 is 4.79 Å². The van der Waals surface area contributed by atoms with Gasteiger partial charge in [0.15, 0.2) is 0 Å². The van der Waals surface area contributed by atoms with Crippen LogP contribution < -0.4 is 16.2 Å². The van der Waals surface area contributed by atoms with Gasteiger partial charge >= 0.3 is 6.03 Å². The molecular weight excluding hydrogens is 515 g/mol. The molecule has 0 radical (unpaired) electrons. The van der Waals surface area contributed by atoms with Crippen LogP contribution >= 0.6 is 35.0 Å². The molecule has 3 aromatic carbocycles. The number of amides is 2. The van der Waals surface area contributed by atoms with Gasteiger partial charge in [-0.3, -0.25) is 9.78 Å². The van der Waals surface area contributed by atoms with E-state index in [1.807, 2.05) is 42.7 Å². The SMILES string of the molecule is CSc1ccc2ncccc2c1NC(=O)Nc1c(-c2ccccc2Cl)c2cc(Cl)ccc2n(C)c1=O. The molecule has 2 amide bonds. The Kier molecular flexibility index (Phi) is 6.62. The third-order valence-electron chi connectivity index (χ3n) is 5.94. The quantitative estimate of drug-likeness (QED) is 0.235. The van der Waals surface area contributed by atoms with E-state index in [1.54, 1.807) is 43.6 Å².